The minimum atomic E-state index is -1.56. The monoisotopic (exact) mass is 682 g/mol. The largest absolute Gasteiger partial charge is 0.480 e. The number of nitrogens with two attached hydrogens (primary N) is 3. The highest BCUT2D eigenvalue weighted by Crippen LogP contribution is 2.23. The van der Waals surface area contributed by atoms with Gasteiger partial charge in [-0.05, 0) is 80.7 Å². The maximum Gasteiger partial charge on any atom is 0.325 e. The molecule has 9 N–H and O–H groups in total. The molecule has 0 bridgehead atoms. The highest BCUT2D eigenvalue weighted by molar-refractivity contribution is 5.95. The molecule has 1 unspecified atom stereocenters. The van der Waals surface area contributed by atoms with E-state index in [1.807, 2.05) is 44.2 Å². The number of unbranched alkanes of at least 4 members (excludes halogenated alkanes) is 1. The van der Waals surface area contributed by atoms with Crippen molar-refractivity contribution in [3.8, 4) is 0 Å². The SMILES string of the molecule is CC(C)C[C@@H](CC(=O)[C@@H](Cc1ccccc1)NC(=O)[C@H](N)Cc1ccc(F)cc1)C(=O)N[C@H](CCCCN)C(=O)N1CCC(N)(C(=O)O)C1. The van der Waals surface area contributed by atoms with Crippen LogP contribution in [-0.4, -0.2) is 82.8 Å². The van der Waals surface area contributed by atoms with Crippen molar-refractivity contribution in [1.29, 1.82) is 0 Å². The second kappa shape index (κ2) is 18.5. The van der Waals surface area contributed by atoms with Gasteiger partial charge in [0.25, 0.3) is 0 Å². The predicted octanol–water partition coefficient (Wildman–Crippen LogP) is 1.67. The number of carboxylic acids is 1. The summed E-state index contributed by atoms with van der Waals surface area (Å²) in [4.78, 5) is 67.7. The summed E-state index contributed by atoms with van der Waals surface area (Å²) in [5.74, 6) is -4.24. The van der Waals surface area contributed by atoms with Crippen LogP contribution < -0.4 is 27.8 Å². The molecule has 0 radical (unpaired) electrons. The number of benzene rings is 2. The van der Waals surface area contributed by atoms with Crippen LogP contribution >= 0.6 is 0 Å². The molecule has 2 aromatic rings. The van der Waals surface area contributed by atoms with Gasteiger partial charge in [-0.2, -0.15) is 0 Å². The van der Waals surface area contributed by atoms with Gasteiger partial charge in [0.2, 0.25) is 17.7 Å². The van der Waals surface area contributed by atoms with Gasteiger partial charge in [0.05, 0.1) is 12.1 Å². The van der Waals surface area contributed by atoms with Crippen molar-refractivity contribution in [2.75, 3.05) is 19.6 Å². The number of nitrogens with one attached hydrogen (secondary N) is 2. The van der Waals surface area contributed by atoms with Gasteiger partial charge in [0.15, 0.2) is 5.78 Å². The smallest absolute Gasteiger partial charge is 0.325 e. The molecule has 3 rings (SSSR count). The molecule has 49 heavy (non-hydrogen) atoms. The minimum Gasteiger partial charge on any atom is -0.480 e. The Labute approximate surface area is 287 Å². The van der Waals surface area contributed by atoms with Gasteiger partial charge in [-0.3, -0.25) is 24.0 Å². The molecule has 1 fully saturated rings. The molecular formula is C36H51FN6O6. The van der Waals surface area contributed by atoms with Crippen molar-refractivity contribution in [2.45, 2.75) is 88.9 Å². The van der Waals surface area contributed by atoms with Gasteiger partial charge in [-0.1, -0.05) is 56.3 Å². The van der Waals surface area contributed by atoms with Crippen molar-refractivity contribution in [3.05, 3.63) is 71.5 Å². The number of hydrogen-bond acceptors (Lipinski definition) is 8. The number of rotatable bonds is 19. The van der Waals surface area contributed by atoms with Crippen molar-refractivity contribution < 1.29 is 33.5 Å². The van der Waals surface area contributed by atoms with Gasteiger partial charge < -0.3 is 37.8 Å². The van der Waals surface area contributed by atoms with E-state index in [1.165, 1.54) is 17.0 Å². The van der Waals surface area contributed by atoms with Crippen LogP contribution in [0.4, 0.5) is 4.39 Å². The molecule has 268 valence electrons. The number of halogens is 1. The van der Waals surface area contributed by atoms with E-state index in [1.54, 1.807) is 12.1 Å². The average molecular weight is 683 g/mol. The van der Waals surface area contributed by atoms with E-state index < -0.39 is 59.1 Å². The lowest BCUT2D eigenvalue weighted by atomic mass is 9.88. The Bertz CT molecular complexity index is 1420. The van der Waals surface area contributed by atoms with E-state index >= 15 is 0 Å². The molecule has 5 atom stereocenters. The van der Waals surface area contributed by atoms with Gasteiger partial charge in [-0.25, -0.2) is 4.39 Å². The van der Waals surface area contributed by atoms with E-state index in [2.05, 4.69) is 10.6 Å². The van der Waals surface area contributed by atoms with Gasteiger partial charge in [-0.15, -0.1) is 0 Å². The zero-order chi connectivity index (χ0) is 36.1. The fourth-order valence-corrected chi connectivity index (χ4v) is 6.03. The summed E-state index contributed by atoms with van der Waals surface area (Å²) in [7, 11) is 0. The number of carbonyl (C=O) groups excluding carboxylic acids is 4. The molecule has 1 saturated heterocycles. The van der Waals surface area contributed by atoms with Crippen LogP contribution in [0.25, 0.3) is 0 Å². The van der Waals surface area contributed by atoms with Crippen LogP contribution in [0.2, 0.25) is 0 Å². The molecule has 1 aliphatic heterocycles. The minimum absolute atomic E-state index is 0.0215. The third-order valence-electron chi connectivity index (χ3n) is 8.87. The summed E-state index contributed by atoms with van der Waals surface area (Å²) in [6.07, 6.45) is 1.97. The number of ketones is 1. The molecule has 0 saturated carbocycles. The number of carboxylic acid groups (broad SMARTS) is 1. The topological polar surface area (TPSA) is 211 Å². The lowest BCUT2D eigenvalue weighted by Gasteiger charge is -2.28. The molecule has 0 aromatic heterocycles. The van der Waals surface area contributed by atoms with E-state index in [4.69, 9.17) is 17.2 Å². The molecule has 1 aliphatic rings. The van der Waals surface area contributed by atoms with Crippen LogP contribution in [0.1, 0.15) is 63.5 Å². The van der Waals surface area contributed by atoms with Crippen molar-refractivity contribution in [2.24, 2.45) is 29.0 Å². The van der Waals surface area contributed by atoms with Crippen molar-refractivity contribution in [3.63, 3.8) is 0 Å². The van der Waals surface area contributed by atoms with E-state index in [0.29, 0.717) is 31.4 Å². The second-order valence-corrected chi connectivity index (χ2v) is 13.5. The maximum atomic E-state index is 13.9. The number of aliphatic carboxylic acids is 1. The molecule has 0 aliphatic carbocycles. The Balaban J connectivity index is 1.78. The third-order valence-corrected chi connectivity index (χ3v) is 8.87. The van der Waals surface area contributed by atoms with Crippen LogP contribution in [0.3, 0.4) is 0 Å². The summed E-state index contributed by atoms with van der Waals surface area (Å²) in [6, 6.07) is 11.8. The Morgan fingerprint density at radius 3 is 2.14 bits per heavy atom. The molecule has 0 spiro atoms. The Morgan fingerprint density at radius 1 is 0.918 bits per heavy atom. The number of nitrogens with zero attached hydrogens (tertiary/aromatic N) is 1. The lowest BCUT2D eigenvalue weighted by molar-refractivity contribution is -0.143. The fraction of sp³-hybridized carbons (Fsp3) is 0.528. The predicted molar refractivity (Wildman–Crippen MR) is 183 cm³/mol. The third kappa shape index (κ3) is 12.0. The fourth-order valence-electron chi connectivity index (χ4n) is 6.03. The zero-order valence-electron chi connectivity index (χ0n) is 28.4. The Morgan fingerprint density at radius 2 is 1.55 bits per heavy atom. The van der Waals surface area contributed by atoms with Crippen LogP contribution in [0.15, 0.2) is 54.6 Å². The summed E-state index contributed by atoms with van der Waals surface area (Å²) >= 11 is 0. The van der Waals surface area contributed by atoms with E-state index in [0.717, 1.165) is 5.56 Å². The van der Waals surface area contributed by atoms with Crippen LogP contribution in [-0.2, 0) is 36.8 Å². The normalized spacial score (nSPS) is 18.4. The van der Waals surface area contributed by atoms with Crippen LogP contribution in [0, 0.1) is 17.7 Å². The number of amides is 3. The standard InChI is InChI=1S/C36H51FN6O6/c1-23(2)18-26(32(45)41-29(10-6-7-16-38)34(47)43-17-15-36(40,22-43)35(48)49)21-31(44)30(20-24-8-4-3-5-9-24)42-33(46)28(39)19-25-11-13-27(37)14-12-25/h3-5,8-9,11-14,23,26,28-30H,6-7,10,15-22,38-40H2,1-2H3,(H,41,45)(H,42,46)(H,48,49)/t26-,28+,29+,30+,36?/m0/s1. The first kappa shape index (κ1) is 39.2. The molecule has 13 heteroatoms. The molecule has 12 nitrogen and oxygen atoms in total. The first-order valence-electron chi connectivity index (χ1n) is 16.9. The van der Waals surface area contributed by atoms with Gasteiger partial charge in [0.1, 0.15) is 17.4 Å². The van der Waals surface area contributed by atoms with E-state index in [9.17, 15) is 33.5 Å². The molecule has 1 heterocycles. The van der Waals surface area contributed by atoms with Gasteiger partial charge in [0, 0.05) is 25.4 Å². The van der Waals surface area contributed by atoms with Gasteiger partial charge >= 0.3 is 5.97 Å². The van der Waals surface area contributed by atoms with Crippen molar-refractivity contribution >= 4 is 29.5 Å². The number of carbonyl (C=O) groups is 5. The lowest BCUT2D eigenvalue weighted by Crippen LogP contribution is -2.54. The quantitative estimate of drug-likeness (QED) is 0.119. The zero-order valence-corrected chi connectivity index (χ0v) is 28.4. The highest BCUT2D eigenvalue weighted by atomic mass is 19.1. The molecule has 2 aromatic carbocycles. The number of likely N-dealkylation sites (tertiary alicyclic amines) is 1. The summed E-state index contributed by atoms with van der Waals surface area (Å²) < 4.78 is 13.4. The molecule has 3 amide bonds. The average Bonchev–Trinajstić information content (AvgIpc) is 3.48. The van der Waals surface area contributed by atoms with Crippen LogP contribution in [0.5, 0.6) is 0 Å². The number of Topliss-reactive ketones (excluding diaryl/α,β-unsaturated/α-hetero) is 1. The summed E-state index contributed by atoms with van der Waals surface area (Å²) in [5, 5.41) is 15.2. The first-order chi connectivity index (χ1) is 23.2. The first-order valence-corrected chi connectivity index (χ1v) is 16.9. The Hall–Kier alpha value is -4.20. The number of hydrogen-bond donors (Lipinski definition) is 6. The molecular weight excluding hydrogens is 631 g/mol. The Kier molecular flexibility index (Phi) is 14.8. The summed E-state index contributed by atoms with van der Waals surface area (Å²) in [5.41, 5.74) is 17.8. The van der Waals surface area contributed by atoms with Crippen molar-refractivity contribution in [1.82, 2.24) is 15.5 Å². The summed E-state index contributed by atoms with van der Waals surface area (Å²) in [6.45, 7) is 4.20. The van der Waals surface area contributed by atoms with E-state index in [-0.39, 0.29) is 56.9 Å². The second-order valence-electron chi connectivity index (χ2n) is 13.5. The highest BCUT2D eigenvalue weighted by Gasteiger charge is 2.44. The maximum absolute atomic E-state index is 13.9.